The fourth-order valence-corrected chi connectivity index (χ4v) is 2.35. The Labute approximate surface area is 110 Å². The lowest BCUT2D eigenvalue weighted by Crippen LogP contribution is -2.42. The Hall–Kier alpha value is -0.650. The lowest BCUT2D eigenvalue weighted by atomic mass is 9.94. The summed E-state index contributed by atoms with van der Waals surface area (Å²) in [5.74, 6) is 0.827. The summed E-state index contributed by atoms with van der Waals surface area (Å²) >= 11 is 3.38. The highest BCUT2D eigenvalue weighted by molar-refractivity contribution is 9.10. The molecule has 0 aromatic carbocycles. The first-order valence-corrected chi connectivity index (χ1v) is 6.54. The maximum atomic E-state index is 10.3. The molecule has 0 spiro atoms. The minimum atomic E-state index is -0.667. The summed E-state index contributed by atoms with van der Waals surface area (Å²) in [5, 5.41) is 13.5. The summed E-state index contributed by atoms with van der Waals surface area (Å²) in [4.78, 5) is 4.29. The molecule has 5 heteroatoms. The van der Waals surface area contributed by atoms with Crippen LogP contribution in [0.4, 0.5) is 5.82 Å². The van der Waals surface area contributed by atoms with Gasteiger partial charge in [0.25, 0.3) is 0 Å². The van der Waals surface area contributed by atoms with E-state index in [1.54, 1.807) is 6.20 Å². The van der Waals surface area contributed by atoms with Crippen LogP contribution in [0, 0.1) is 6.92 Å². The van der Waals surface area contributed by atoms with E-state index >= 15 is 0 Å². The Balaban J connectivity index is 1.97. The lowest BCUT2D eigenvalue weighted by Gasteiger charge is -2.32. The Morgan fingerprint density at radius 1 is 1.53 bits per heavy atom. The van der Waals surface area contributed by atoms with E-state index in [9.17, 15) is 5.11 Å². The second kappa shape index (κ2) is 5.33. The third kappa shape index (κ3) is 3.40. The molecule has 2 heterocycles. The Morgan fingerprint density at radius 3 is 2.88 bits per heavy atom. The van der Waals surface area contributed by atoms with Crippen molar-refractivity contribution in [2.24, 2.45) is 0 Å². The zero-order valence-corrected chi connectivity index (χ0v) is 11.5. The average molecular weight is 301 g/mol. The number of nitrogens with one attached hydrogen (secondary N) is 1. The predicted octanol–water partition coefficient (Wildman–Crippen LogP) is 2.11. The van der Waals surface area contributed by atoms with E-state index in [0.717, 1.165) is 15.9 Å². The van der Waals surface area contributed by atoms with Crippen molar-refractivity contribution >= 4 is 21.7 Å². The van der Waals surface area contributed by atoms with Crippen molar-refractivity contribution < 1.29 is 9.84 Å². The molecule has 1 aliphatic rings. The average Bonchev–Trinajstić information content (AvgIpc) is 2.29. The van der Waals surface area contributed by atoms with E-state index in [2.05, 4.69) is 26.2 Å². The molecule has 2 N–H and O–H groups in total. The van der Waals surface area contributed by atoms with Crippen molar-refractivity contribution in [2.45, 2.75) is 25.4 Å². The van der Waals surface area contributed by atoms with Crippen LogP contribution in [0.15, 0.2) is 16.7 Å². The Bertz CT molecular complexity index is 392. The van der Waals surface area contributed by atoms with Gasteiger partial charge in [-0.1, -0.05) is 0 Å². The lowest BCUT2D eigenvalue weighted by molar-refractivity contribution is -0.0543. The van der Waals surface area contributed by atoms with Gasteiger partial charge in [-0.3, -0.25) is 0 Å². The molecular weight excluding hydrogens is 284 g/mol. The molecule has 0 saturated carbocycles. The van der Waals surface area contributed by atoms with E-state index in [1.807, 2.05) is 13.0 Å². The third-order valence-corrected chi connectivity index (χ3v) is 3.49. The topological polar surface area (TPSA) is 54.4 Å². The molecule has 0 aliphatic carbocycles. The SMILES string of the molecule is Cc1cc(Br)cnc1NCC1(O)CCOCC1. The van der Waals surface area contributed by atoms with Gasteiger partial charge in [-0.25, -0.2) is 4.98 Å². The van der Waals surface area contributed by atoms with Gasteiger partial charge < -0.3 is 15.2 Å². The summed E-state index contributed by atoms with van der Waals surface area (Å²) in [7, 11) is 0. The first-order valence-electron chi connectivity index (χ1n) is 5.75. The molecule has 1 saturated heterocycles. The van der Waals surface area contributed by atoms with E-state index in [0.29, 0.717) is 32.6 Å². The second-order valence-electron chi connectivity index (χ2n) is 4.51. The molecule has 0 unspecified atom stereocenters. The van der Waals surface area contributed by atoms with Crippen LogP contribution in [0.25, 0.3) is 0 Å². The summed E-state index contributed by atoms with van der Waals surface area (Å²) in [6, 6.07) is 2.00. The van der Waals surface area contributed by atoms with Gasteiger partial charge >= 0.3 is 0 Å². The quantitative estimate of drug-likeness (QED) is 0.898. The van der Waals surface area contributed by atoms with Crippen molar-refractivity contribution in [3.05, 3.63) is 22.3 Å². The monoisotopic (exact) mass is 300 g/mol. The molecular formula is C12H17BrN2O2. The van der Waals surface area contributed by atoms with E-state index in [4.69, 9.17) is 4.74 Å². The number of anilines is 1. The Kier molecular flexibility index (Phi) is 4.01. The van der Waals surface area contributed by atoms with Gasteiger partial charge in [0.2, 0.25) is 0 Å². The maximum absolute atomic E-state index is 10.3. The molecule has 1 aliphatic heterocycles. The zero-order chi connectivity index (χ0) is 12.3. The molecule has 0 bridgehead atoms. The van der Waals surface area contributed by atoms with Crippen LogP contribution in [0.3, 0.4) is 0 Å². The van der Waals surface area contributed by atoms with Crippen LogP contribution < -0.4 is 5.32 Å². The molecule has 0 atom stereocenters. The summed E-state index contributed by atoms with van der Waals surface area (Å²) in [6.45, 7) is 3.77. The first-order chi connectivity index (χ1) is 8.09. The van der Waals surface area contributed by atoms with Gasteiger partial charge in [0.05, 0.1) is 5.60 Å². The molecule has 1 aromatic rings. The molecule has 94 valence electrons. The van der Waals surface area contributed by atoms with Crippen LogP contribution in [-0.4, -0.2) is 35.5 Å². The van der Waals surface area contributed by atoms with Crippen molar-refractivity contribution in [2.75, 3.05) is 25.1 Å². The number of aryl methyl sites for hydroxylation is 1. The molecule has 0 radical (unpaired) electrons. The molecule has 1 fully saturated rings. The maximum Gasteiger partial charge on any atom is 0.129 e. The van der Waals surface area contributed by atoms with Gasteiger partial charge in [0, 0.05) is 43.3 Å². The van der Waals surface area contributed by atoms with Crippen LogP contribution in [0.2, 0.25) is 0 Å². The molecule has 0 amide bonds. The standard InChI is InChI=1S/C12H17BrN2O2/c1-9-6-10(13)7-14-11(9)15-8-12(16)2-4-17-5-3-12/h6-7,16H,2-5,8H2,1H3,(H,14,15). The minimum absolute atomic E-state index is 0.520. The molecule has 4 nitrogen and oxygen atoms in total. The highest BCUT2D eigenvalue weighted by Gasteiger charge is 2.29. The Morgan fingerprint density at radius 2 is 2.24 bits per heavy atom. The number of aromatic nitrogens is 1. The van der Waals surface area contributed by atoms with Gasteiger partial charge in [-0.15, -0.1) is 0 Å². The molecule has 1 aromatic heterocycles. The fraction of sp³-hybridized carbons (Fsp3) is 0.583. The highest BCUT2D eigenvalue weighted by Crippen LogP contribution is 2.22. The van der Waals surface area contributed by atoms with Crippen LogP contribution in [0.1, 0.15) is 18.4 Å². The number of pyridine rings is 1. The van der Waals surface area contributed by atoms with E-state index in [1.165, 1.54) is 0 Å². The molecule has 2 rings (SSSR count). The number of ether oxygens (including phenoxy) is 1. The van der Waals surface area contributed by atoms with Gasteiger partial charge in [0.15, 0.2) is 0 Å². The van der Waals surface area contributed by atoms with Crippen molar-refractivity contribution in [3.63, 3.8) is 0 Å². The number of nitrogens with zero attached hydrogens (tertiary/aromatic N) is 1. The van der Waals surface area contributed by atoms with Crippen molar-refractivity contribution in [3.8, 4) is 0 Å². The smallest absolute Gasteiger partial charge is 0.129 e. The van der Waals surface area contributed by atoms with Gasteiger partial charge in [0.1, 0.15) is 5.82 Å². The van der Waals surface area contributed by atoms with Crippen LogP contribution in [0.5, 0.6) is 0 Å². The second-order valence-corrected chi connectivity index (χ2v) is 5.42. The number of aliphatic hydroxyl groups is 1. The number of rotatable bonds is 3. The molecule has 17 heavy (non-hydrogen) atoms. The van der Waals surface area contributed by atoms with Crippen molar-refractivity contribution in [1.82, 2.24) is 4.98 Å². The van der Waals surface area contributed by atoms with Gasteiger partial charge in [-0.05, 0) is 34.5 Å². The minimum Gasteiger partial charge on any atom is -0.388 e. The third-order valence-electron chi connectivity index (χ3n) is 3.05. The number of halogens is 1. The zero-order valence-electron chi connectivity index (χ0n) is 9.87. The summed E-state index contributed by atoms with van der Waals surface area (Å²) < 4.78 is 6.21. The van der Waals surface area contributed by atoms with Gasteiger partial charge in [-0.2, -0.15) is 0 Å². The van der Waals surface area contributed by atoms with Crippen LogP contribution >= 0.6 is 15.9 Å². The highest BCUT2D eigenvalue weighted by atomic mass is 79.9. The predicted molar refractivity (Wildman–Crippen MR) is 70.2 cm³/mol. The van der Waals surface area contributed by atoms with Crippen LogP contribution in [-0.2, 0) is 4.74 Å². The number of hydrogen-bond donors (Lipinski definition) is 2. The fourth-order valence-electron chi connectivity index (χ4n) is 1.90. The summed E-state index contributed by atoms with van der Waals surface area (Å²) in [5.41, 5.74) is 0.398. The largest absolute Gasteiger partial charge is 0.388 e. The van der Waals surface area contributed by atoms with Crippen molar-refractivity contribution in [1.29, 1.82) is 0 Å². The van der Waals surface area contributed by atoms with E-state index < -0.39 is 5.60 Å². The first kappa shape index (κ1) is 12.8. The normalized spacial score (nSPS) is 19.0. The number of hydrogen-bond acceptors (Lipinski definition) is 4. The van der Waals surface area contributed by atoms with E-state index in [-0.39, 0.29) is 0 Å². The summed E-state index contributed by atoms with van der Waals surface area (Å²) in [6.07, 6.45) is 3.11.